The zero-order chi connectivity index (χ0) is 26.4. The molecule has 0 atom stereocenters. The molecule has 8 nitrogen and oxygen atoms in total. The fourth-order valence-electron chi connectivity index (χ4n) is 4.78. The molecular weight excluding hydrogens is 509 g/mol. The van der Waals surface area contributed by atoms with Gasteiger partial charge in [0.1, 0.15) is 23.1 Å². The Morgan fingerprint density at radius 3 is 2.65 bits per heavy atom. The first kappa shape index (κ1) is 25.6. The number of anilines is 1. The first-order valence-corrected chi connectivity index (χ1v) is 12.2. The van der Waals surface area contributed by atoms with Gasteiger partial charge in [0.25, 0.3) is 5.91 Å². The molecule has 4 heterocycles. The molecule has 1 aromatic carbocycles. The number of ether oxygens (including phenoxy) is 1. The maximum absolute atomic E-state index is 13.5. The van der Waals surface area contributed by atoms with E-state index in [0.717, 1.165) is 17.0 Å². The van der Waals surface area contributed by atoms with Gasteiger partial charge < -0.3 is 14.2 Å². The monoisotopic (exact) mass is 534 g/mol. The van der Waals surface area contributed by atoms with E-state index < -0.39 is 12.6 Å². The molecule has 2 aliphatic rings. The summed E-state index contributed by atoms with van der Waals surface area (Å²) in [4.78, 5) is 20.9. The fraction of sp³-hybridized carbons (Fsp3) is 0.440. The zero-order valence-electron chi connectivity index (χ0n) is 20.4. The number of halogens is 4. The SMILES string of the molecule is CN(CCC(F)(F)F)Cc1cc(Cl)nc(N2Cc3ccc(C4(Cc5nncn5C)COC4)cc3C2=O)c1. The summed E-state index contributed by atoms with van der Waals surface area (Å²) < 4.78 is 45.2. The van der Waals surface area contributed by atoms with E-state index in [1.54, 1.807) is 35.3 Å². The molecule has 2 aromatic heterocycles. The number of hydrogen-bond donors (Lipinski definition) is 0. The fourth-order valence-corrected chi connectivity index (χ4v) is 5.00. The number of pyridine rings is 1. The summed E-state index contributed by atoms with van der Waals surface area (Å²) >= 11 is 6.24. The predicted molar refractivity (Wildman–Crippen MR) is 130 cm³/mol. The lowest BCUT2D eigenvalue weighted by Crippen LogP contribution is -2.49. The van der Waals surface area contributed by atoms with Gasteiger partial charge in [-0.25, -0.2) is 4.98 Å². The van der Waals surface area contributed by atoms with E-state index in [1.165, 1.54) is 0 Å². The number of carbonyl (C=O) groups is 1. The van der Waals surface area contributed by atoms with Crippen molar-refractivity contribution < 1.29 is 22.7 Å². The van der Waals surface area contributed by atoms with Crippen LogP contribution in [0, 0.1) is 0 Å². The summed E-state index contributed by atoms with van der Waals surface area (Å²) in [6, 6.07) is 9.22. The minimum atomic E-state index is -4.22. The van der Waals surface area contributed by atoms with E-state index >= 15 is 0 Å². The van der Waals surface area contributed by atoms with Gasteiger partial charge in [-0.15, -0.1) is 10.2 Å². The number of hydrogen-bond acceptors (Lipinski definition) is 6. The quantitative estimate of drug-likeness (QED) is 0.408. The third-order valence-electron chi connectivity index (χ3n) is 6.93. The molecule has 3 aromatic rings. The molecule has 0 N–H and O–H groups in total. The molecular formula is C25H26ClF3N6O2. The average Bonchev–Trinajstić information content (AvgIpc) is 3.36. The van der Waals surface area contributed by atoms with E-state index in [1.807, 2.05) is 29.8 Å². The molecule has 196 valence electrons. The van der Waals surface area contributed by atoms with E-state index in [4.69, 9.17) is 16.3 Å². The van der Waals surface area contributed by atoms with Crippen molar-refractivity contribution in [3.63, 3.8) is 0 Å². The number of aryl methyl sites for hydroxylation is 1. The van der Waals surface area contributed by atoms with Crippen LogP contribution in [0.3, 0.4) is 0 Å². The molecule has 1 fully saturated rings. The van der Waals surface area contributed by atoms with Gasteiger partial charge in [-0.2, -0.15) is 13.2 Å². The summed E-state index contributed by atoms with van der Waals surface area (Å²) in [5.41, 5.74) is 2.85. The van der Waals surface area contributed by atoms with Crippen molar-refractivity contribution in [1.29, 1.82) is 0 Å². The number of rotatable bonds is 8. The Balaban J connectivity index is 1.35. The first-order valence-electron chi connectivity index (χ1n) is 11.8. The maximum Gasteiger partial charge on any atom is 0.390 e. The van der Waals surface area contributed by atoms with Gasteiger partial charge in [0, 0.05) is 37.5 Å². The van der Waals surface area contributed by atoms with Crippen LogP contribution in [0.25, 0.3) is 0 Å². The number of fused-ring (bicyclic) bond motifs is 1. The Bertz CT molecular complexity index is 1320. The van der Waals surface area contributed by atoms with Crippen LogP contribution < -0.4 is 4.90 Å². The van der Waals surface area contributed by atoms with Crippen LogP contribution in [0.4, 0.5) is 19.0 Å². The Kier molecular flexibility index (Phi) is 6.71. The van der Waals surface area contributed by atoms with Gasteiger partial charge in [-0.1, -0.05) is 23.7 Å². The lowest BCUT2D eigenvalue weighted by atomic mass is 9.75. The number of alkyl halides is 3. The largest absolute Gasteiger partial charge is 0.390 e. The first-order chi connectivity index (χ1) is 17.5. The highest BCUT2D eigenvalue weighted by atomic mass is 35.5. The lowest BCUT2D eigenvalue weighted by Gasteiger charge is -2.41. The predicted octanol–water partition coefficient (Wildman–Crippen LogP) is 3.92. The number of benzene rings is 1. The van der Waals surface area contributed by atoms with Crippen molar-refractivity contribution in [1.82, 2.24) is 24.6 Å². The molecule has 0 spiro atoms. The molecule has 0 saturated carbocycles. The van der Waals surface area contributed by atoms with Crippen molar-refractivity contribution in [3.05, 3.63) is 69.9 Å². The zero-order valence-corrected chi connectivity index (χ0v) is 21.2. The van der Waals surface area contributed by atoms with Crippen molar-refractivity contribution >= 4 is 23.3 Å². The third kappa shape index (κ3) is 5.34. The number of amides is 1. The smallest absolute Gasteiger partial charge is 0.379 e. The molecule has 1 saturated heterocycles. The standard InChI is InChI=1S/C25H26ClF3N6O2/c1-33(6-5-25(27,28)29)11-16-7-20(26)31-21(8-16)35-12-17-3-4-18(9-19(17)23(35)36)24(13-37-14-24)10-22-32-30-15-34(22)2/h3-4,7-9,15H,5-6,10-14H2,1-2H3. The van der Waals surface area contributed by atoms with Crippen molar-refractivity contribution in [2.24, 2.45) is 7.05 Å². The van der Waals surface area contributed by atoms with Crippen LogP contribution in [0.1, 0.15) is 39.3 Å². The third-order valence-corrected chi connectivity index (χ3v) is 7.12. The molecule has 0 bridgehead atoms. The molecule has 0 radical (unpaired) electrons. The second-order valence-electron chi connectivity index (χ2n) is 9.83. The molecule has 1 amide bonds. The Labute approximate surface area is 217 Å². The Hall–Kier alpha value is -3.02. The van der Waals surface area contributed by atoms with Gasteiger partial charge in [-0.3, -0.25) is 9.69 Å². The maximum atomic E-state index is 13.5. The highest BCUT2D eigenvalue weighted by Crippen LogP contribution is 2.38. The van der Waals surface area contributed by atoms with Gasteiger partial charge in [0.2, 0.25) is 0 Å². The highest BCUT2D eigenvalue weighted by Gasteiger charge is 2.43. The summed E-state index contributed by atoms with van der Waals surface area (Å²) in [5.74, 6) is 1.01. The van der Waals surface area contributed by atoms with Crippen molar-refractivity contribution in [2.45, 2.75) is 37.5 Å². The molecule has 12 heteroatoms. The van der Waals surface area contributed by atoms with Crippen LogP contribution in [-0.2, 0) is 36.7 Å². The van der Waals surface area contributed by atoms with Crippen LogP contribution >= 0.6 is 11.6 Å². The van der Waals surface area contributed by atoms with E-state index in [9.17, 15) is 18.0 Å². The minimum absolute atomic E-state index is 0.143. The van der Waals surface area contributed by atoms with Gasteiger partial charge >= 0.3 is 6.18 Å². The second-order valence-corrected chi connectivity index (χ2v) is 10.2. The van der Waals surface area contributed by atoms with E-state index in [0.29, 0.717) is 43.1 Å². The van der Waals surface area contributed by atoms with E-state index in [-0.39, 0.29) is 29.6 Å². The molecule has 0 aliphatic carbocycles. The van der Waals surface area contributed by atoms with Crippen LogP contribution in [0.2, 0.25) is 5.15 Å². The van der Waals surface area contributed by atoms with Crippen LogP contribution in [0.5, 0.6) is 0 Å². The number of nitrogens with zero attached hydrogens (tertiary/aromatic N) is 6. The second kappa shape index (κ2) is 9.70. The summed E-state index contributed by atoms with van der Waals surface area (Å²) in [6.45, 7) is 1.48. The molecule has 5 rings (SSSR count). The molecule has 2 aliphatic heterocycles. The van der Waals surface area contributed by atoms with Crippen LogP contribution in [0.15, 0.2) is 36.7 Å². The van der Waals surface area contributed by atoms with Crippen molar-refractivity contribution in [2.75, 3.05) is 31.7 Å². The highest BCUT2D eigenvalue weighted by molar-refractivity contribution is 6.29. The van der Waals surface area contributed by atoms with Gasteiger partial charge in [0.15, 0.2) is 0 Å². The molecule has 0 unspecified atom stereocenters. The minimum Gasteiger partial charge on any atom is -0.379 e. The lowest BCUT2D eigenvalue weighted by molar-refractivity contribution is -0.137. The topological polar surface area (TPSA) is 76.4 Å². The average molecular weight is 535 g/mol. The van der Waals surface area contributed by atoms with Gasteiger partial charge in [0.05, 0.1) is 26.2 Å². The normalized spacial score (nSPS) is 16.8. The number of aromatic nitrogens is 4. The summed E-state index contributed by atoms with van der Waals surface area (Å²) in [6.07, 6.45) is -2.82. The van der Waals surface area contributed by atoms with Crippen molar-refractivity contribution in [3.8, 4) is 0 Å². The summed E-state index contributed by atoms with van der Waals surface area (Å²) in [5, 5.41) is 8.35. The summed E-state index contributed by atoms with van der Waals surface area (Å²) in [7, 11) is 3.51. The Morgan fingerprint density at radius 1 is 1.22 bits per heavy atom. The van der Waals surface area contributed by atoms with E-state index in [2.05, 4.69) is 15.2 Å². The van der Waals surface area contributed by atoms with Gasteiger partial charge in [-0.05, 0) is 41.9 Å². The van der Waals surface area contributed by atoms with Crippen LogP contribution in [-0.4, -0.2) is 63.5 Å². The number of carbonyl (C=O) groups excluding carboxylic acids is 1. The molecule has 37 heavy (non-hydrogen) atoms. The Morgan fingerprint density at radius 2 is 2.00 bits per heavy atom.